The normalized spacial score (nSPS) is 20.5. The maximum absolute atomic E-state index is 15.8. The van der Waals surface area contributed by atoms with Crippen LogP contribution in [0.4, 0.5) is 4.39 Å². The highest BCUT2D eigenvalue weighted by Crippen LogP contribution is 2.35. The standard InChI is InChI=1S/C38H51ClFN3O14/c1-5-8-29(45)52-28-20-51-34(33(54-31(47)10-7-3)32(28)53-30(46)9-6-2)55-36(50)37(4,43-42)19-25(40)23-13-16-27(26(44)17-23)57-56-24-14-11-22(12-15-24)18-38(41,21-39)35(48)49/h11-17,25,28,32-34,43-44H,5-10,18-21,41-42H2,1-4H3,(H,48,49)/t25?,28-,32+,33-,34?,37?,38?/m1/s1. The summed E-state index contributed by atoms with van der Waals surface area (Å²) in [6, 6.07) is 9.62. The molecular formula is C38H51ClFN3O14. The number of benzene rings is 2. The number of aromatic hydroxyl groups is 1. The maximum Gasteiger partial charge on any atom is 0.329 e. The van der Waals surface area contributed by atoms with Crippen molar-refractivity contribution in [3.8, 4) is 17.2 Å². The Balaban J connectivity index is 1.74. The summed E-state index contributed by atoms with van der Waals surface area (Å²) >= 11 is 5.74. The lowest BCUT2D eigenvalue weighted by atomic mass is 9.92. The van der Waals surface area contributed by atoms with Gasteiger partial charge < -0.3 is 39.6 Å². The molecule has 0 spiro atoms. The van der Waals surface area contributed by atoms with Gasteiger partial charge in [-0.05, 0) is 61.6 Å². The van der Waals surface area contributed by atoms with E-state index < -0.39 is 90.5 Å². The molecule has 1 fully saturated rings. The van der Waals surface area contributed by atoms with Gasteiger partial charge in [0.1, 0.15) is 17.2 Å². The quantitative estimate of drug-likeness (QED) is 0.0281. The van der Waals surface area contributed by atoms with Gasteiger partial charge in [0, 0.05) is 32.1 Å². The van der Waals surface area contributed by atoms with Gasteiger partial charge in [-0.25, -0.2) is 14.6 Å². The lowest BCUT2D eigenvalue weighted by Crippen LogP contribution is -2.61. The number of ether oxygens (including phenoxy) is 5. The van der Waals surface area contributed by atoms with Crippen molar-refractivity contribution in [2.24, 2.45) is 11.6 Å². The first-order valence-electron chi connectivity index (χ1n) is 18.4. The van der Waals surface area contributed by atoms with Crippen molar-refractivity contribution in [2.75, 3.05) is 12.5 Å². The summed E-state index contributed by atoms with van der Waals surface area (Å²) in [4.78, 5) is 73.4. The van der Waals surface area contributed by atoms with Crippen molar-refractivity contribution < 1.29 is 72.0 Å². The largest absolute Gasteiger partial charge is 0.504 e. The summed E-state index contributed by atoms with van der Waals surface area (Å²) in [7, 11) is 0. The Kier molecular flexibility index (Phi) is 17.7. The highest BCUT2D eigenvalue weighted by molar-refractivity contribution is 6.20. The molecule has 0 aliphatic carbocycles. The fraction of sp³-hybridized carbons (Fsp3) is 0.553. The van der Waals surface area contributed by atoms with Crippen LogP contribution < -0.4 is 26.8 Å². The van der Waals surface area contributed by atoms with Crippen molar-refractivity contribution >= 4 is 41.4 Å². The van der Waals surface area contributed by atoms with E-state index in [0.29, 0.717) is 24.8 Å². The Hall–Kier alpha value is -4.75. The topological polar surface area (TPSA) is 254 Å². The molecule has 0 radical (unpaired) electrons. The molecule has 1 aliphatic rings. The second-order valence-electron chi connectivity index (χ2n) is 13.8. The van der Waals surface area contributed by atoms with Crippen LogP contribution in [0.1, 0.15) is 89.9 Å². The Morgan fingerprint density at radius 2 is 1.49 bits per heavy atom. The molecule has 0 amide bonds. The molecule has 7 atom stereocenters. The molecule has 0 saturated carbocycles. The second-order valence-corrected chi connectivity index (χ2v) is 14.0. The molecule has 0 aromatic heterocycles. The van der Waals surface area contributed by atoms with Gasteiger partial charge in [0.05, 0.1) is 12.5 Å². The number of carbonyl (C=O) groups is 5. The smallest absolute Gasteiger partial charge is 0.329 e. The molecule has 1 aliphatic heterocycles. The van der Waals surface area contributed by atoms with Gasteiger partial charge in [-0.15, -0.1) is 11.6 Å². The summed E-state index contributed by atoms with van der Waals surface area (Å²) in [5.74, 6) is 0.492. The van der Waals surface area contributed by atoms with Gasteiger partial charge in [-0.1, -0.05) is 39.0 Å². The number of phenolic OH excluding ortho intramolecular Hbond substituents is 1. The predicted octanol–water partition coefficient (Wildman–Crippen LogP) is 3.99. The van der Waals surface area contributed by atoms with Crippen LogP contribution in [-0.2, 0) is 54.1 Å². The molecule has 316 valence electrons. The monoisotopic (exact) mass is 827 g/mol. The molecular weight excluding hydrogens is 777 g/mol. The third kappa shape index (κ3) is 13.1. The number of phenols is 1. The summed E-state index contributed by atoms with van der Waals surface area (Å²) in [5.41, 5.74) is 4.98. The van der Waals surface area contributed by atoms with Crippen LogP contribution >= 0.6 is 11.6 Å². The van der Waals surface area contributed by atoms with E-state index in [0.717, 1.165) is 6.07 Å². The van der Waals surface area contributed by atoms with Crippen LogP contribution in [0, 0.1) is 0 Å². The summed E-state index contributed by atoms with van der Waals surface area (Å²) in [6.45, 7) is 6.08. The van der Waals surface area contributed by atoms with Gasteiger partial charge in [0.25, 0.3) is 0 Å². The minimum atomic E-state index is -1.95. The van der Waals surface area contributed by atoms with Crippen LogP contribution in [0.5, 0.6) is 17.2 Å². The predicted molar refractivity (Wildman–Crippen MR) is 199 cm³/mol. The van der Waals surface area contributed by atoms with Crippen LogP contribution in [-0.4, -0.2) is 88.2 Å². The number of halogens is 2. The molecule has 1 saturated heterocycles. The zero-order chi connectivity index (χ0) is 42.3. The van der Waals surface area contributed by atoms with Crippen LogP contribution in [0.2, 0.25) is 0 Å². The minimum absolute atomic E-state index is 0.00689. The summed E-state index contributed by atoms with van der Waals surface area (Å²) in [6.07, 6.45) is -7.22. The SMILES string of the molecule is CCCC(=O)O[C@H]1[C@H](OC(=O)CCC)COC(OC(=O)C(C)(CC(F)c2ccc(OOc3ccc(CC(N)(CCl)C(=O)O)cc3)c(O)c2)NN)[C@@H]1OC(=O)CCC. The molecule has 1 heterocycles. The number of carbonyl (C=O) groups excluding carboxylic acids is 4. The Morgan fingerprint density at radius 1 is 0.912 bits per heavy atom. The number of hydrogen-bond donors (Lipinski definition) is 5. The number of esters is 4. The maximum atomic E-state index is 15.8. The van der Waals surface area contributed by atoms with Crippen molar-refractivity contribution in [1.29, 1.82) is 0 Å². The van der Waals surface area contributed by atoms with Crippen molar-refractivity contribution in [1.82, 2.24) is 5.43 Å². The van der Waals surface area contributed by atoms with Gasteiger partial charge >= 0.3 is 29.8 Å². The molecule has 2 aromatic carbocycles. The number of aliphatic carboxylic acids is 1. The van der Waals surface area contributed by atoms with E-state index in [1.54, 1.807) is 32.9 Å². The number of hydrazine groups is 1. The number of rotatable bonds is 22. The average molecular weight is 828 g/mol. The van der Waals surface area contributed by atoms with Crippen LogP contribution in [0.25, 0.3) is 0 Å². The average Bonchev–Trinajstić information content (AvgIpc) is 3.17. The highest BCUT2D eigenvalue weighted by atomic mass is 35.5. The fourth-order valence-corrected chi connectivity index (χ4v) is 5.70. The molecule has 3 rings (SSSR count). The minimum Gasteiger partial charge on any atom is -0.504 e. The number of carboxylic acid groups (broad SMARTS) is 1. The first-order valence-corrected chi connectivity index (χ1v) is 18.9. The molecule has 19 heteroatoms. The molecule has 17 nitrogen and oxygen atoms in total. The molecule has 0 bridgehead atoms. The van der Waals surface area contributed by atoms with E-state index in [4.69, 9.17) is 56.6 Å². The number of nitrogens with two attached hydrogens (primary N) is 2. The van der Waals surface area contributed by atoms with E-state index in [1.165, 1.54) is 31.2 Å². The molecule has 57 heavy (non-hydrogen) atoms. The Morgan fingerprint density at radius 3 is 2.02 bits per heavy atom. The van der Waals surface area contributed by atoms with E-state index in [1.807, 2.05) is 0 Å². The molecule has 4 unspecified atom stereocenters. The number of nitrogens with one attached hydrogen (secondary N) is 1. The van der Waals surface area contributed by atoms with E-state index in [-0.39, 0.29) is 48.6 Å². The van der Waals surface area contributed by atoms with Gasteiger partial charge in [-0.2, -0.15) is 0 Å². The first-order chi connectivity index (χ1) is 27.0. The molecule has 7 N–H and O–H groups in total. The zero-order valence-electron chi connectivity index (χ0n) is 32.2. The summed E-state index contributed by atoms with van der Waals surface area (Å²) in [5, 5.41) is 20.0. The van der Waals surface area contributed by atoms with Gasteiger partial charge in [0.15, 0.2) is 23.7 Å². The first kappa shape index (κ1) is 46.6. The lowest BCUT2D eigenvalue weighted by Gasteiger charge is -2.41. The van der Waals surface area contributed by atoms with E-state index >= 15 is 4.39 Å². The lowest BCUT2D eigenvalue weighted by molar-refractivity contribution is -0.277. The number of hydrogen-bond acceptors (Lipinski definition) is 16. The van der Waals surface area contributed by atoms with Gasteiger partial charge in [0.2, 0.25) is 18.1 Å². The van der Waals surface area contributed by atoms with Crippen molar-refractivity contribution in [2.45, 2.75) is 121 Å². The number of alkyl halides is 2. The third-order valence-electron chi connectivity index (χ3n) is 8.82. The van der Waals surface area contributed by atoms with E-state index in [9.17, 15) is 34.2 Å². The third-order valence-corrected chi connectivity index (χ3v) is 9.30. The van der Waals surface area contributed by atoms with Crippen molar-refractivity contribution in [3.05, 3.63) is 53.6 Å². The highest BCUT2D eigenvalue weighted by Gasteiger charge is 2.51. The van der Waals surface area contributed by atoms with E-state index in [2.05, 4.69) is 5.43 Å². The Labute approximate surface area is 334 Å². The zero-order valence-corrected chi connectivity index (χ0v) is 33.0. The van der Waals surface area contributed by atoms with Crippen molar-refractivity contribution in [3.63, 3.8) is 0 Å². The van der Waals surface area contributed by atoms with Gasteiger partial charge in [-0.3, -0.25) is 34.8 Å². The number of carboxylic acids is 1. The second kappa shape index (κ2) is 21.7. The Bertz CT molecular complexity index is 1690. The fourth-order valence-electron chi connectivity index (χ4n) is 5.49. The van der Waals surface area contributed by atoms with Crippen LogP contribution in [0.3, 0.4) is 0 Å². The summed E-state index contributed by atoms with van der Waals surface area (Å²) < 4.78 is 43.9. The molecule has 2 aromatic rings. The van der Waals surface area contributed by atoms with Crippen LogP contribution in [0.15, 0.2) is 42.5 Å².